The molecule has 0 radical (unpaired) electrons. The quantitative estimate of drug-likeness (QED) is 0.00992. The number of amides is 13. The first kappa shape index (κ1) is 84.6. The Bertz CT molecular complexity index is 3390. The van der Waals surface area contributed by atoms with Gasteiger partial charge in [-0.15, -0.1) is 0 Å². The van der Waals surface area contributed by atoms with Crippen LogP contribution in [-0.4, -0.2) is 221 Å². The number of hydrogen-bond donors (Lipinski definition) is 21. The summed E-state index contributed by atoms with van der Waals surface area (Å²) in [5.74, 6) is -16.1. The molecule has 0 aliphatic carbocycles. The van der Waals surface area contributed by atoms with Gasteiger partial charge in [-0.25, -0.2) is 4.79 Å². The standard InChI is InChI=1S/C64H94N20O20/c65-63(66)71-27-8-12-39-55(95)80-42(57(97)81-44(30-35-15-19-37(85)20-16-35)59(99)83-46(32-51(91)92)54(94)73-33-49(89)77-39)11-4-7-26-70-53(93)43(76-48(88)14-2-1-5-29-75-104)23-24-47(87)69-25-6-3-10-41-58(98)82-45(31-36-17-21-38(86)22-18-36)60(100)84-52(62(102)103)61(101)74-34-50(90)78-40(56(96)79-41)13-9-28-72-64(67)68/h15-22,39-46,52,85-86H,1-14,23-34H2,(H,69,87)(H,70,93)(H,73,94)(H,74,101)(H,76,88)(H,77,89)(H,78,90)(H,79,96)(H,80,95)(H,81,97)(H,82,98)(H,83,99)(H,84,100)(H,91,92)(H,102,103)(H4,65,66,71)(H4,67,68,72). The molecule has 104 heavy (non-hydrogen) atoms. The van der Waals surface area contributed by atoms with Gasteiger partial charge in [0.2, 0.25) is 76.9 Å². The second-order valence-electron chi connectivity index (χ2n) is 24.5. The summed E-state index contributed by atoms with van der Waals surface area (Å²) in [6.45, 7) is -1.72. The highest BCUT2D eigenvalue weighted by Crippen LogP contribution is 2.16. The van der Waals surface area contributed by atoms with Crippen LogP contribution in [0, 0.1) is 4.91 Å². The van der Waals surface area contributed by atoms with Crippen LogP contribution >= 0.6 is 0 Å². The van der Waals surface area contributed by atoms with Crippen molar-refractivity contribution in [3.63, 3.8) is 0 Å². The zero-order valence-corrected chi connectivity index (χ0v) is 57.2. The fourth-order valence-electron chi connectivity index (χ4n) is 10.6. The van der Waals surface area contributed by atoms with Crippen LogP contribution in [0.1, 0.15) is 120 Å². The van der Waals surface area contributed by atoms with Crippen LogP contribution < -0.4 is 92.1 Å². The molecule has 2 aromatic carbocycles. The molecule has 0 aromatic heterocycles. The number of guanidine groups is 2. The molecule has 9 unspecified atom stereocenters. The fourth-order valence-corrected chi connectivity index (χ4v) is 10.6. The van der Waals surface area contributed by atoms with Gasteiger partial charge in [-0.2, -0.15) is 4.91 Å². The predicted molar refractivity (Wildman–Crippen MR) is 369 cm³/mol. The highest BCUT2D eigenvalue weighted by Gasteiger charge is 2.37. The summed E-state index contributed by atoms with van der Waals surface area (Å²) in [5, 5.41) is 74.3. The van der Waals surface area contributed by atoms with Crippen molar-refractivity contribution in [3.05, 3.63) is 64.6 Å². The summed E-state index contributed by atoms with van der Waals surface area (Å²) in [6.07, 6.45) is -0.914. The first-order valence-corrected chi connectivity index (χ1v) is 33.7. The number of nitrogens with two attached hydrogens (primary N) is 4. The number of aromatic hydroxyl groups is 2. The van der Waals surface area contributed by atoms with Crippen LogP contribution in [-0.2, 0) is 84.8 Å². The lowest BCUT2D eigenvalue weighted by molar-refractivity contribution is -0.147. The van der Waals surface area contributed by atoms with Crippen LogP contribution in [0.25, 0.3) is 0 Å². The lowest BCUT2D eigenvalue weighted by Crippen LogP contribution is -2.59. The molecule has 2 fully saturated rings. The number of carboxylic acids is 2. The molecule has 2 saturated heterocycles. The Hall–Kier alpha value is -11.8. The third-order valence-electron chi connectivity index (χ3n) is 16.1. The van der Waals surface area contributed by atoms with E-state index in [1.54, 1.807) is 0 Å². The van der Waals surface area contributed by atoms with E-state index in [2.05, 4.69) is 84.3 Å². The number of benzene rings is 2. The Morgan fingerprint density at radius 1 is 0.452 bits per heavy atom. The molecule has 25 N–H and O–H groups in total. The van der Waals surface area contributed by atoms with Crippen LogP contribution in [0.3, 0.4) is 0 Å². The first-order valence-electron chi connectivity index (χ1n) is 33.7. The van der Waals surface area contributed by atoms with E-state index < -0.39 is 163 Å². The largest absolute Gasteiger partial charge is 0.508 e. The van der Waals surface area contributed by atoms with E-state index in [4.69, 9.17) is 22.9 Å². The molecule has 2 aliphatic rings. The Morgan fingerprint density at radius 3 is 1.34 bits per heavy atom. The van der Waals surface area contributed by atoms with Gasteiger partial charge in [-0.3, -0.25) is 77.1 Å². The van der Waals surface area contributed by atoms with Gasteiger partial charge in [0.15, 0.2) is 11.9 Å². The molecule has 2 aromatic rings. The van der Waals surface area contributed by atoms with Crippen molar-refractivity contribution in [3.8, 4) is 11.5 Å². The highest BCUT2D eigenvalue weighted by atomic mass is 16.4. The smallest absolute Gasteiger partial charge is 0.336 e. The summed E-state index contributed by atoms with van der Waals surface area (Å²) in [4.78, 5) is 220. The van der Waals surface area contributed by atoms with Gasteiger partial charge < -0.3 is 112 Å². The van der Waals surface area contributed by atoms with Gasteiger partial charge in [-0.05, 0) is 119 Å². The number of carbonyl (C=O) groups excluding carboxylic acids is 13. The second-order valence-corrected chi connectivity index (χ2v) is 24.5. The predicted octanol–water partition coefficient (Wildman–Crippen LogP) is -6.15. The van der Waals surface area contributed by atoms with E-state index in [9.17, 15) is 97.3 Å². The number of nitroso groups, excluding NO2 is 1. The number of nitrogens with zero attached hydrogens (tertiary/aromatic N) is 3. The molecule has 0 bridgehead atoms. The average molecular weight is 1460 g/mol. The number of hydrogen-bond acceptors (Lipinski definition) is 21. The van der Waals surface area contributed by atoms with Gasteiger partial charge in [0, 0.05) is 51.9 Å². The van der Waals surface area contributed by atoms with E-state index in [1.165, 1.54) is 48.5 Å². The number of rotatable bonds is 36. The lowest BCUT2D eigenvalue weighted by Gasteiger charge is -2.26. The average Bonchev–Trinajstić information content (AvgIpc) is 1.25. The molecule has 40 heteroatoms. The normalized spacial score (nSPS) is 20.5. The minimum absolute atomic E-state index is 0.00853. The molecular weight excluding hydrogens is 1370 g/mol. The maximum Gasteiger partial charge on any atom is 0.336 e. The molecule has 2 heterocycles. The third kappa shape index (κ3) is 32.7. The molecule has 2 aliphatic heterocycles. The van der Waals surface area contributed by atoms with Crippen molar-refractivity contribution in [1.82, 2.24) is 69.1 Å². The summed E-state index contributed by atoms with van der Waals surface area (Å²) in [6, 6.07) is -3.21. The van der Waals surface area contributed by atoms with Crippen molar-refractivity contribution in [2.24, 2.45) is 38.1 Å². The Kier molecular flexibility index (Phi) is 36.8. The number of aliphatic imine (C=N–C) groups is 2. The number of unbranched alkanes of at least 4 members (excludes halogenated alkanes) is 4. The van der Waals surface area contributed by atoms with Crippen LogP contribution in [0.15, 0.2) is 63.7 Å². The second kappa shape index (κ2) is 45.2. The SMILES string of the molecule is NC(N)=NCCCC1NC(=O)CNC(=O)C(CC(=O)O)NC(=O)C(Cc2ccc(O)cc2)NC(=O)C(CCCCNC(=O)C(CCC(=O)NCCCCC2NC(=O)C(CCCN=C(N)N)NC(=O)CNC(=O)C(C(=O)O)NC(=O)C(Cc3ccc(O)cc3)NC2=O)NC(=O)CCCCCN=O)NC1=O. The molecule has 570 valence electrons. The minimum atomic E-state index is -2.25. The van der Waals surface area contributed by atoms with Gasteiger partial charge in [-0.1, -0.05) is 35.9 Å². The van der Waals surface area contributed by atoms with Gasteiger partial charge in [0.1, 0.15) is 59.8 Å². The van der Waals surface area contributed by atoms with Crippen LogP contribution in [0.5, 0.6) is 11.5 Å². The number of phenolic OH excluding ortho intramolecular Hbond substituents is 2. The summed E-state index contributed by atoms with van der Waals surface area (Å²) >= 11 is 0. The summed E-state index contributed by atoms with van der Waals surface area (Å²) in [7, 11) is 0. The van der Waals surface area contributed by atoms with E-state index in [-0.39, 0.29) is 152 Å². The Balaban J connectivity index is 1.51. The summed E-state index contributed by atoms with van der Waals surface area (Å²) < 4.78 is 0. The van der Waals surface area contributed by atoms with Gasteiger partial charge in [0.25, 0.3) is 5.91 Å². The zero-order valence-electron chi connectivity index (χ0n) is 57.2. The fraction of sp³-hybridized carbons (Fsp3) is 0.547. The van der Waals surface area contributed by atoms with Crippen LogP contribution in [0.4, 0.5) is 0 Å². The monoisotopic (exact) mass is 1460 g/mol. The van der Waals surface area contributed by atoms with Crippen molar-refractivity contribution >= 4 is 101 Å². The molecule has 9 atom stereocenters. The van der Waals surface area contributed by atoms with Crippen molar-refractivity contribution < 1.29 is 92.3 Å². The van der Waals surface area contributed by atoms with Crippen LogP contribution in [0.2, 0.25) is 0 Å². The summed E-state index contributed by atoms with van der Waals surface area (Å²) in [5.41, 5.74) is 22.6. The highest BCUT2D eigenvalue weighted by molar-refractivity contribution is 6.06. The number of carboxylic acid groups (broad SMARTS) is 2. The van der Waals surface area contributed by atoms with E-state index in [1.807, 2.05) is 0 Å². The first-order chi connectivity index (χ1) is 49.5. The van der Waals surface area contributed by atoms with E-state index in [0.717, 1.165) is 0 Å². The minimum Gasteiger partial charge on any atom is -0.508 e. The molecule has 13 amide bonds. The topological polar surface area (TPSA) is 652 Å². The van der Waals surface area contributed by atoms with E-state index >= 15 is 0 Å². The van der Waals surface area contributed by atoms with Crippen molar-refractivity contribution in [2.75, 3.05) is 45.8 Å². The third-order valence-corrected chi connectivity index (χ3v) is 16.1. The maximum atomic E-state index is 14.4. The number of carbonyl (C=O) groups is 15. The molecule has 0 saturated carbocycles. The molecule has 40 nitrogen and oxygen atoms in total. The Morgan fingerprint density at radius 2 is 0.875 bits per heavy atom. The van der Waals surface area contributed by atoms with Gasteiger partial charge in [0.05, 0.1) is 26.1 Å². The number of nitrogens with one attached hydrogen (secondary N) is 13. The number of aliphatic carboxylic acids is 2. The van der Waals surface area contributed by atoms with Crippen molar-refractivity contribution in [1.29, 1.82) is 0 Å². The molecular formula is C64H94N20O20. The van der Waals surface area contributed by atoms with Gasteiger partial charge >= 0.3 is 11.9 Å². The van der Waals surface area contributed by atoms with E-state index in [0.29, 0.717) is 30.4 Å². The zero-order chi connectivity index (χ0) is 76.7. The molecule has 0 spiro atoms. The number of phenols is 2. The Labute approximate surface area is 596 Å². The maximum absolute atomic E-state index is 14.4. The molecule has 4 rings (SSSR count). The van der Waals surface area contributed by atoms with Crippen molar-refractivity contribution in [2.45, 2.75) is 176 Å². The lowest BCUT2D eigenvalue weighted by atomic mass is 10.0.